The van der Waals surface area contributed by atoms with Gasteiger partial charge < -0.3 is 10.0 Å². The van der Waals surface area contributed by atoms with E-state index < -0.39 is 5.38 Å². The van der Waals surface area contributed by atoms with Crippen LogP contribution < -0.4 is 4.90 Å². The number of alkyl halides is 1. The third-order valence-corrected chi connectivity index (χ3v) is 3.62. The lowest BCUT2D eigenvalue weighted by Gasteiger charge is -2.20. The minimum Gasteiger partial charge on any atom is -0.392 e. The monoisotopic (exact) mass is 253 g/mol. The number of fused-ring (bicyclic) bond motifs is 1. The van der Waals surface area contributed by atoms with Crippen LogP contribution in [0.15, 0.2) is 18.2 Å². The Labute approximate surface area is 106 Å². The molecule has 4 heteroatoms. The molecule has 1 atom stereocenters. The van der Waals surface area contributed by atoms with Crippen molar-refractivity contribution in [1.29, 1.82) is 0 Å². The molecule has 0 fully saturated rings. The van der Waals surface area contributed by atoms with Gasteiger partial charge in [0.1, 0.15) is 5.38 Å². The molecule has 0 unspecified atom stereocenters. The van der Waals surface area contributed by atoms with Crippen molar-refractivity contribution in [3.05, 3.63) is 29.3 Å². The smallest absolute Gasteiger partial charge is 0.245 e. The fraction of sp³-hybridized carbons (Fsp3) is 0.462. The molecular formula is C13H16ClNO2. The first kappa shape index (κ1) is 12.4. The summed E-state index contributed by atoms with van der Waals surface area (Å²) in [6.07, 6.45) is 1.49. The largest absolute Gasteiger partial charge is 0.392 e. The first-order valence-electron chi connectivity index (χ1n) is 5.85. The van der Waals surface area contributed by atoms with E-state index in [1.54, 1.807) is 4.90 Å². The molecular weight excluding hydrogens is 238 g/mol. The van der Waals surface area contributed by atoms with Gasteiger partial charge in [0.25, 0.3) is 0 Å². The van der Waals surface area contributed by atoms with Crippen molar-refractivity contribution in [3.8, 4) is 0 Å². The van der Waals surface area contributed by atoms with Gasteiger partial charge in [0.15, 0.2) is 0 Å². The minimum absolute atomic E-state index is 0.00656. The molecule has 0 saturated carbocycles. The van der Waals surface area contributed by atoms with E-state index in [0.29, 0.717) is 13.0 Å². The average Bonchev–Trinajstić information content (AvgIpc) is 2.79. The summed E-state index contributed by atoms with van der Waals surface area (Å²) >= 11 is 6.00. The maximum atomic E-state index is 12.1. The first-order valence-corrected chi connectivity index (χ1v) is 6.29. The lowest BCUT2D eigenvalue weighted by Crippen LogP contribution is -2.35. The fourth-order valence-corrected chi connectivity index (χ4v) is 2.21. The standard InChI is InChI=1S/C13H16ClNO2/c1-2-11(14)13(17)15-6-5-10-4-3-9(8-16)7-12(10)15/h3-4,7,11,16H,2,5-6,8H2,1H3/t11-/m1/s1. The van der Waals surface area contributed by atoms with Crippen LogP contribution in [-0.4, -0.2) is 22.9 Å². The zero-order chi connectivity index (χ0) is 12.4. The second-order valence-electron chi connectivity index (χ2n) is 4.24. The summed E-state index contributed by atoms with van der Waals surface area (Å²) in [6, 6.07) is 5.74. The Morgan fingerprint density at radius 1 is 1.59 bits per heavy atom. The molecule has 0 aromatic heterocycles. The molecule has 0 aliphatic carbocycles. The number of hydrogen-bond donors (Lipinski definition) is 1. The molecule has 3 nitrogen and oxygen atoms in total. The molecule has 17 heavy (non-hydrogen) atoms. The third-order valence-electron chi connectivity index (χ3n) is 3.12. The van der Waals surface area contributed by atoms with E-state index in [1.165, 1.54) is 0 Å². The topological polar surface area (TPSA) is 40.5 Å². The van der Waals surface area contributed by atoms with Gasteiger partial charge in [-0.3, -0.25) is 4.79 Å². The molecule has 1 heterocycles. The highest BCUT2D eigenvalue weighted by Crippen LogP contribution is 2.30. The molecule has 1 aliphatic rings. The van der Waals surface area contributed by atoms with Crippen LogP contribution >= 0.6 is 11.6 Å². The lowest BCUT2D eigenvalue weighted by molar-refractivity contribution is -0.118. The van der Waals surface area contributed by atoms with Crippen molar-refractivity contribution in [1.82, 2.24) is 0 Å². The summed E-state index contributed by atoms with van der Waals surface area (Å²) in [6.45, 7) is 2.58. The number of aliphatic hydroxyl groups is 1. The highest BCUT2D eigenvalue weighted by atomic mass is 35.5. The summed E-state index contributed by atoms with van der Waals surface area (Å²) in [5, 5.41) is 8.66. The Morgan fingerprint density at radius 3 is 3.00 bits per heavy atom. The predicted octanol–water partition coefficient (Wildman–Crippen LogP) is 2.09. The third kappa shape index (κ3) is 2.31. The van der Waals surface area contributed by atoms with Crippen LogP contribution in [-0.2, 0) is 17.8 Å². The number of aliphatic hydroxyl groups excluding tert-OH is 1. The molecule has 0 spiro atoms. The van der Waals surface area contributed by atoms with Gasteiger partial charge in [0.2, 0.25) is 5.91 Å². The van der Waals surface area contributed by atoms with E-state index >= 15 is 0 Å². The average molecular weight is 254 g/mol. The summed E-state index contributed by atoms with van der Waals surface area (Å²) < 4.78 is 0. The number of anilines is 1. The van der Waals surface area contributed by atoms with Crippen molar-refractivity contribution in [2.45, 2.75) is 31.7 Å². The van der Waals surface area contributed by atoms with E-state index in [2.05, 4.69) is 0 Å². The van der Waals surface area contributed by atoms with Gasteiger partial charge in [-0.1, -0.05) is 19.1 Å². The van der Waals surface area contributed by atoms with Gasteiger partial charge in [-0.05, 0) is 30.0 Å². The van der Waals surface area contributed by atoms with Gasteiger partial charge in [-0.25, -0.2) is 0 Å². The normalized spacial score (nSPS) is 15.8. The van der Waals surface area contributed by atoms with Crippen LogP contribution in [0.1, 0.15) is 24.5 Å². The van der Waals surface area contributed by atoms with Crippen LogP contribution in [0.2, 0.25) is 0 Å². The number of rotatable bonds is 3. The quantitative estimate of drug-likeness (QED) is 0.838. The Morgan fingerprint density at radius 2 is 2.35 bits per heavy atom. The molecule has 92 valence electrons. The second-order valence-corrected chi connectivity index (χ2v) is 4.76. The second kappa shape index (κ2) is 5.07. The molecule has 1 aromatic carbocycles. The van der Waals surface area contributed by atoms with Crippen molar-refractivity contribution >= 4 is 23.2 Å². The highest BCUT2D eigenvalue weighted by molar-refractivity contribution is 6.32. The summed E-state index contributed by atoms with van der Waals surface area (Å²) in [5.41, 5.74) is 2.88. The van der Waals surface area contributed by atoms with E-state index in [0.717, 1.165) is 23.2 Å². The zero-order valence-electron chi connectivity index (χ0n) is 9.82. The van der Waals surface area contributed by atoms with Crippen LogP contribution in [0.3, 0.4) is 0 Å². The lowest BCUT2D eigenvalue weighted by atomic mass is 10.1. The maximum absolute atomic E-state index is 12.1. The summed E-state index contributed by atoms with van der Waals surface area (Å²) in [5.74, 6) is -0.0389. The Kier molecular flexibility index (Phi) is 3.69. The van der Waals surface area contributed by atoms with Gasteiger partial charge in [-0.2, -0.15) is 0 Å². The minimum atomic E-state index is -0.460. The molecule has 1 aromatic rings. The number of halogens is 1. The van der Waals surface area contributed by atoms with Gasteiger partial charge in [0, 0.05) is 12.2 Å². The Hall–Kier alpha value is -1.06. The van der Waals surface area contributed by atoms with Crippen LogP contribution in [0.5, 0.6) is 0 Å². The number of carbonyl (C=O) groups is 1. The molecule has 1 aliphatic heterocycles. The fourth-order valence-electron chi connectivity index (χ4n) is 2.10. The summed E-state index contributed by atoms with van der Waals surface area (Å²) in [4.78, 5) is 13.8. The first-order chi connectivity index (χ1) is 8.17. The van der Waals surface area contributed by atoms with Crippen LogP contribution in [0.25, 0.3) is 0 Å². The SMILES string of the molecule is CC[C@@H](Cl)C(=O)N1CCc2ccc(CO)cc21. The number of nitrogens with zero attached hydrogens (tertiary/aromatic N) is 1. The number of benzene rings is 1. The van der Waals surface area contributed by atoms with Gasteiger partial charge in [-0.15, -0.1) is 11.6 Å². The van der Waals surface area contributed by atoms with E-state index in [4.69, 9.17) is 16.7 Å². The molecule has 0 bridgehead atoms. The molecule has 1 N–H and O–H groups in total. The van der Waals surface area contributed by atoms with Gasteiger partial charge in [0.05, 0.1) is 6.61 Å². The number of hydrogen-bond acceptors (Lipinski definition) is 2. The Bertz CT molecular complexity index is 433. The van der Waals surface area contributed by atoms with E-state index in [1.807, 2.05) is 25.1 Å². The maximum Gasteiger partial charge on any atom is 0.245 e. The molecule has 0 radical (unpaired) electrons. The molecule has 1 amide bonds. The van der Waals surface area contributed by atoms with Crippen LogP contribution in [0, 0.1) is 0 Å². The van der Waals surface area contributed by atoms with Crippen molar-refractivity contribution in [3.63, 3.8) is 0 Å². The molecule has 0 saturated heterocycles. The van der Waals surface area contributed by atoms with Crippen molar-refractivity contribution in [2.75, 3.05) is 11.4 Å². The van der Waals surface area contributed by atoms with Crippen molar-refractivity contribution in [2.24, 2.45) is 0 Å². The summed E-state index contributed by atoms with van der Waals surface area (Å²) in [7, 11) is 0. The van der Waals surface area contributed by atoms with Gasteiger partial charge >= 0.3 is 0 Å². The Balaban J connectivity index is 2.29. The van der Waals surface area contributed by atoms with E-state index in [-0.39, 0.29) is 12.5 Å². The van der Waals surface area contributed by atoms with Crippen molar-refractivity contribution < 1.29 is 9.90 Å². The van der Waals surface area contributed by atoms with E-state index in [9.17, 15) is 4.79 Å². The van der Waals surface area contributed by atoms with Crippen LogP contribution in [0.4, 0.5) is 5.69 Å². The molecule has 2 rings (SSSR count). The number of carbonyl (C=O) groups excluding carboxylic acids is 1. The predicted molar refractivity (Wildman–Crippen MR) is 68.4 cm³/mol. The zero-order valence-corrected chi connectivity index (χ0v) is 10.6. The number of amides is 1. The highest BCUT2D eigenvalue weighted by Gasteiger charge is 2.28.